The average Bonchev–Trinajstić information content (AvgIpc) is 2.86. The predicted molar refractivity (Wildman–Crippen MR) is 73.1 cm³/mol. The molecule has 6 heteroatoms. The number of esters is 2. The molecule has 0 unspecified atom stereocenters. The SMILES string of the molecule is CCOC(=O)/C=C\c1nc2ccc(C(=O)OC)cc2[nH]1. The molecule has 1 heterocycles. The maximum absolute atomic E-state index is 11.4. The van der Waals surface area contributed by atoms with E-state index in [1.165, 1.54) is 19.3 Å². The van der Waals surface area contributed by atoms with Crippen molar-refractivity contribution in [2.75, 3.05) is 13.7 Å². The first-order valence-electron chi connectivity index (χ1n) is 6.07. The molecule has 0 bridgehead atoms. The highest BCUT2D eigenvalue weighted by atomic mass is 16.5. The Bertz CT molecular complexity index is 673. The van der Waals surface area contributed by atoms with Gasteiger partial charge in [-0.2, -0.15) is 0 Å². The number of hydrogen-bond donors (Lipinski definition) is 1. The first-order chi connectivity index (χ1) is 9.63. The number of benzene rings is 1. The molecule has 6 nitrogen and oxygen atoms in total. The summed E-state index contributed by atoms with van der Waals surface area (Å²) in [5.74, 6) is -0.330. The van der Waals surface area contributed by atoms with Gasteiger partial charge in [-0.05, 0) is 31.2 Å². The fourth-order valence-electron chi connectivity index (χ4n) is 1.69. The lowest BCUT2D eigenvalue weighted by atomic mass is 10.2. The number of H-pyrrole nitrogens is 1. The molecule has 2 aromatic rings. The molecule has 1 N–H and O–H groups in total. The number of nitrogens with one attached hydrogen (secondary N) is 1. The Morgan fingerprint density at radius 1 is 1.40 bits per heavy atom. The van der Waals surface area contributed by atoms with E-state index >= 15 is 0 Å². The Hall–Kier alpha value is -2.63. The average molecular weight is 274 g/mol. The van der Waals surface area contributed by atoms with Gasteiger partial charge in [0, 0.05) is 6.08 Å². The van der Waals surface area contributed by atoms with Crippen molar-refractivity contribution in [2.24, 2.45) is 0 Å². The van der Waals surface area contributed by atoms with Crippen LogP contribution in [0.5, 0.6) is 0 Å². The van der Waals surface area contributed by atoms with Crippen LogP contribution in [0.1, 0.15) is 23.1 Å². The maximum Gasteiger partial charge on any atom is 0.337 e. The van der Waals surface area contributed by atoms with Gasteiger partial charge < -0.3 is 14.5 Å². The molecular formula is C14H14N2O4. The monoisotopic (exact) mass is 274 g/mol. The van der Waals surface area contributed by atoms with Crippen molar-refractivity contribution in [1.29, 1.82) is 0 Å². The van der Waals surface area contributed by atoms with Crippen molar-refractivity contribution in [2.45, 2.75) is 6.92 Å². The van der Waals surface area contributed by atoms with Gasteiger partial charge in [-0.25, -0.2) is 14.6 Å². The zero-order chi connectivity index (χ0) is 14.5. The summed E-state index contributed by atoms with van der Waals surface area (Å²) in [7, 11) is 1.33. The highest BCUT2D eigenvalue weighted by molar-refractivity contribution is 5.94. The van der Waals surface area contributed by atoms with E-state index in [4.69, 9.17) is 4.74 Å². The molecular weight excluding hydrogens is 260 g/mol. The number of imidazole rings is 1. The number of hydrogen-bond acceptors (Lipinski definition) is 5. The number of aromatic amines is 1. The van der Waals surface area contributed by atoms with Gasteiger partial charge in [-0.3, -0.25) is 0 Å². The molecule has 1 aromatic carbocycles. The Morgan fingerprint density at radius 3 is 2.90 bits per heavy atom. The third kappa shape index (κ3) is 3.03. The van der Waals surface area contributed by atoms with Gasteiger partial charge in [-0.1, -0.05) is 0 Å². The standard InChI is InChI=1S/C14H14N2O4/c1-3-20-13(17)7-6-12-15-10-5-4-9(14(18)19-2)8-11(10)16-12/h4-8H,3H2,1-2H3,(H,15,16)/b7-6-. The summed E-state index contributed by atoms with van der Waals surface area (Å²) in [6, 6.07) is 4.99. The Labute approximate surface area is 115 Å². The number of aromatic nitrogens is 2. The van der Waals surface area contributed by atoms with Gasteiger partial charge in [0.1, 0.15) is 5.82 Å². The van der Waals surface area contributed by atoms with Gasteiger partial charge in [0.25, 0.3) is 0 Å². The normalized spacial score (nSPS) is 10.9. The minimum atomic E-state index is -0.428. The van der Waals surface area contributed by atoms with Crippen molar-refractivity contribution in [3.63, 3.8) is 0 Å². The Morgan fingerprint density at radius 2 is 2.20 bits per heavy atom. The largest absolute Gasteiger partial charge is 0.465 e. The first-order valence-corrected chi connectivity index (χ1v) is 6.07. The molecule has 0 radical (unpaired) electrons. The van der Waals surface area contributed by atoms with E-state index in [9.17, 15) is 9.59 Å². The van der Waals surface area contributed by atoms with Crippen LogP contribution in [0.25, 0.3) is 17.1 Å². The summed E-state index contributed by atoms with van der Waals surface area (Å²) >= 11 is 0. The van der Waals surface area contributed by atoms with E-state index in [1.54, 1.807) is 25.1 Å². The molecule has 1 aromatic heterocycles. The van der Waals surface area contributed by atoms with E-state index in [1.807, 2.05) is 0 Å². The van der Waals surface area contributed by atoms with Crippen LogP contribution >= 0.6 is 0 Å². The van der Waals surface area contributed by atoms with Gasteiger partial charge in [0.15, 0.2) is 0 Å². The van der Waals surface area contributed by atoms with Crippen LogP contribution in [0, 0.1) is 0 Å². The molecule has 2 rings (SSSR count). The minimum absolute atomic E-state index is 0.325. The van der Waals surface area contributed by atoms with Crippen LogP contribution in [0.4, 0.5) is 0 Å². The van der Waals surface area contributed by atoms with E-state index in [0.717, 1.165) is 0 Å². The molecule has 0 aliphatic rings. The molecule has 104 valence electrons. The lowest BCUT2D eigenvalue weighted by Crippen LogP contribution is -2.00. The van der Waals surface area contributed by atoms with Gasteiger partial charge in [-0.15, -0.1) is 0 Å². The molecule has 0 spiro atoms. The quantitative estimate of drug-likeness (QED) is 0.680. The molecule has 20 heavy (non-hydrogen) atoms. The second-order valence-electron chi connectivity index (χ2n) is 3.93. The summed E-state index contributed by atoms with van der Waals surface area (Å²) in [4.78, 5) is 29.9. The molecule has 0 atom stereocenters. The van der Waals surface area contributed by atoms with Crippen LogP contribution in [-0.2, 0) is 14.3 Å². The molecule has 0 fully saturated rings. The number of ether oxygens (including phenoxy) is 2. The summed E-state index contributed by atoms with van der Waals surface area (Å²) in [6.45, 7) is 2.06. The number of carbonyl (C=O) groups excluding carboxylic acids is 2. The molecule has 0 aliphatic heterocycles. The Balaban J connectivity index is 2.25. The third-order valence-electron chi connectivity index (χ3n) is 2.59. The van der Waals surface area contributed by atoms with Crippen molar-refractivity contribution >= 4 is 29.0 Å². The number of rotatable bonds is 4. The third-order valence-corrected chi connectivity index (χ3v) is 2.59. The van der Waals surface area contributed by atoms with Crippen LogP contribution in [-0.4, -0.2) is 35.6 Å². The first kappa shape index (κ1) is 13.8. The second kappa shape index (κ2) is 6.01. The minimum Gasteiger partial charge on any atom is -0.465 e. The maximum atomic E-state index is 11.4. The lowest BCUT2D eigenvalue weighted by Gasteiger charge is -1.97. The zero-order valence-electron chi connectivity index (χ0n) is 11.2. The molecule has 0 aliphatic carbocycles. The van der Waals surface area contributed by atoms with Gasteiger partial charge >= 0.3 is 11.9 Å². The summed E-state index contributed by atoms with van der Waals surface area (Å²) in [5.41, 5.74) is 1.82. The van der Waals surface area contributed by atoms with Crippen LogP contribution in [0.2, 0.25) is 0 Å². The van der Waals surface area contributed by atoms with E-state index < -0.39 is 11.9 Å². The van der Waals surface area contributed by atoms with Gasteiger partial charge in [0.05, 0.1) is 30.3 Å². The van der Waals surface area contributed by atoms with Crippen molar-refractivity contribution < 1.29 is 19.1 Å². The fraction of sp³-hybridized carbons (Fsp3) is 0.214. The number of methoxy groups -OCH3 is 1. The van der Waals surface area contributed by atoms with Crippen LogP contribution in [0.15, 0.2) is 24.3 Å². The number of carbonyl (C=O) groups is 2. The van der Waals surface area contributed by atoms with E-state index in [-0.39, 0.29) is 0 Å². The van der Waals surface area contributed by atoms with Crippen molar-refractivity contribution in [3.8, 4) is 0 Å². The smallest absolute Gasteiger partial charge is 0.337 e. The van der Waals surface area contributed by atoms with Crippen LogP contribution < -0.4 is 0 Å². The predicted octanol–water partition coefficient (Wildman–Crippen LogP) is 1.93. The lowest BCUT2D eigenvalue weighted by molar-refractivity contribution is -0.137. The summed E-state index contributed by atoms with van der Waals surface area (Å²) in [6.07, 6.45) is 2.82. The summed E-state index contributed by atoms with van der Waals surface area (Å²) < 4.78 is 9.42. The fourth-order valence-corrected chi connectivity index (χ4v) is 1.69. The van der Waals surface area contributed by atoms with E-state index in [0.29, 0.717) is 29.0 Å². The molecule has 0 saturated carbocycles. The number of nitrogens with zero attached hydrogens (tertiary/aromatic N) is 1. The highest BCUT2D eigenvalue weighted by Gasteiger charge is 2.08. The van der Waals surface area contributed by atoms with Gasteiger partial charge in [0.2, 0.25) is 0 Å². The number of fused-ring (bicyclic) bond motifs is 1. The summed E-state index contributed by atoms with van der Waals surface area (Å²) in [5, 5.41) is 0. The topological polar surface area (TPSA) is 81.3 Å². The zero-order valence-corrected chi connectivity index (χ0v) is 11.2. The second-order valence-corrected chi connectivity index (χ2v) is 3.93. The molecule has 0 amide bonds. The van der Waals surface area contributed by atoms with E-state index in [2.05, 4.69) is 14.7 Å². The Kier molecular flexibility index (Phi) is 4.14. The van der Waals surface area contributed by atoms with Crippen molar-refractivity contribution in [1.82, 2.24) is 9.97 Å². The van der Waals surface area contributed by atoms with Crippen LogP contribution in [0.3, 0.4) is 0 Å². The molecule has 0 saturated heterocycles. The van der Waals surface area contributed by atoms with Crippen molar-refractivity contribution in [3.05, 3.63) is 35.7 Å². The highest BCUT2D eigenvalue weighted by Crippen LogP contribution is 2.15.